The van der Waals surface area contributed by atoms with Crippen LogP contribution in [0.25, 0.3) is 0 Å². The Morgan fingerprint density at radius 3 is 2.89 bits per heavy atom. The molecule has 1 N–H and O–H groups in total. The molecule has 0 fully saturated rings. The van der Waals surface area contributed by atoms with Gasteiger partial charge in [-0.15, -0.1) is 0 Å². The lowest BCUT2D eigenvalue weighted by Crippen LogP contribution is -2.12. The lowest BCUT2D eigenvalue weighted by Gasteiger charge is -2.16. The van der Waals surface area contributed by atoms with Crippen molar-refractivity contribution in [3.05, 3.63) is 46.5 Å². The second-order valence-electron chi connectivity index (χ2n) is 4.06. The van der Waals surface area contributed by atoms with Crippen LogP contribution in [0, 0.1) is 11.3 Å². The molecule has 0 radical (unpaired) electrons. The van der Waals surface area contributed by atoms with Crippen molar-refractivity contribution in [2.24, 2.45) is 7.05 Å². The zero-order chi connectivity index (χ0) is 13.1. The van der Waals surface area contributed by atoms with Crippen molar-refractivity contribution in [1.29, 1.82) is 5.26 Å². The fraction of sp³-hybridized carbons (Fsp3) is 0.231. The molecule has 2 rings (SSSR count). The number of hydrogen-bond acceptors (Lipinski definition) is 3. The Morgan fingerprint density at radius 2 is 2.28 bits per heavy atom. The van der Waals surface area contributed by atoms with Crippen LogP contribution < -0.4 is 5.32 Å². The molecule has 0 bridgehead atoms. The van der Waals surface area contributed by atoms with Crippen LogP contribution in [0.4, 0.5) is 5.69 Å². The van der Waals surface area contributed by atoms with Crippen molar-refractivity contribution in [3.8, 4) is 6.07 Å². The molecule has 1 heterocycles. The number of imidazole rings is 1. The number of nitrogens with one attached hydrogen (secondary N) is 1. The summed E-state index contributed by atoms with van der Waals surface area (Å²) in [5, 5.41) is 12.4. The molecule has 2 aromatic rings. The molecule has 4 nitrogen and oxygen atoms in total. The molecule has 92 valence electrons. The van der Waals surface area contributed by atoms with E-state index >= 15 is 0 Å². The van der Waals surface area contributed by atoms with Gasteiger partial charge in [0.2, 0.25) is 0 Å². The minimum Gasteiger partial charge on any atom is -0.374 e. The molecule has 0 saturated heterocycles. The summed E-state index contributed by atoms with van der Waals surface area (Å²) in [5.74, 6) is 0.932. The molecule has 1 aromatic heterocycles. The average Bonchev–Trinajstić information content (AvgIpc) is 2.77. The maximum Gasteiger partial charge on any atom is 0.130 e. The summed E-state index contributed by atoms with van der Waals surface area (Å²) in [6, 6.07) is 7.82. The predicted molar refractivity (Wildman–Crippen MR) is 74.1 cm³/mol. The number of hydrogen-bond donors (Lipinski definition) is 1. The number of halogens is 1. The van der Waals surface area contributed by atoms with Gasteiger partial charge in [0, 0.05) is 23.9 Å². The molecule has 0 aliphatic carbocycles. The summed E-state index contributed by atoms with van der Waals surface area (Å²) in [7, 11) is 1.95. The highest BCUT2D eigenvalue weighted by molar-refractivity contribution is 9.10. The van der Waals surface area contributed by atoms with Crippen LogP contribution in [0.15, 0.2) is 35.1 Å². The average molecular weight is 305 g/mol. The fourth-order valence-electron chi connectivity index (χ4n) is 1.83. The van der Waals surface area contributed by atoms with Crippen molar-refractivity contribution in [1.82, 2.24) is 9.55 Å². The van der Waals surface area contributed by atoms with Gasteiger partial charge in [-0.05, 0) is 25.1 Å². The molecule has 0 aliphatic heterocycles. The Labute approximate surface area is 114 Å². The third kappa shape index (κ3) is 2.54. The smallest absolute Gasteiger partial charge is 0.130 e. The Kier molecular flexibility index (Phi) is 3.68. The highest BCUT2D eigenvalue weighted by atomic mass is 79.9. The molecule has 1 aromatic carbocycles. The quantitative estimate of drug-likeness (QED) is 0.947. The van der Waals surface area contributed by atoms with Crippen LogP contribution >= 0.6 is 15.9 Å². The first-order valence-electron chi connectivity index (χ1n) is 5.55. The summed E-state index contributed by atoms with van der Waals surface area (Å²) in [5.41, 5.74) is 1.43. The molecule has 1 unspecified atom stereocenters. The van der Waals surface area contributed by atoms with Gasteiger partial charge < -0.3 is 9.88 Å². The maximum absolute atomic E-state index is 9.11. The van der Waals surface area contributed by atoms with Gasteiger partial charge >= 0.3 is 0 Å². The van der Waals surface area contributed by atoms with Gasteiger partial charge in [-0.3, -0.25) is 0 Å². The number of aromatic nitrogens is 2. The van der Waals surface area contributed by atoms with E-state index in [1.54, 1.807) is 12.3 Å². The van der Waals surface area contributed by atoms with Crippen molar-refractivity contribution < 1.29 is 0 Å². The highest BCUT2D eigenvalue weighted by Crippen LogP contribution is 2.24. The topological polar surface area (TPSA) is 53.6 Å². The summed E-state index contributed by atoms with van der Waals surface area (Å²) in [6.07, 6.45) is 3.67. The molecule has 18 heavy (non-hydrogen) atoms. The molecule has 0 amide bonds. The summed E-state index contributed by atoms with van der Waals surface area (Å²) in [6.45, 7) is 2.02. The molecule has 0 aliphatic rings. The summed E-state index contributed by atoms with van der Waals surface area (Å²) < 4.78 is 2.86. The van der Waals surface area contributed by atoms with Gasteiger partial charge in [-0.1, -0.05) is 15.9 Å². The Morgan fingerprint density at radius 1 is 1.50 bits per heavy atom. The minimum atomic E-state index is 0.0401. The lowest BCUT2D eigenvalue weighted by molar-refractivity contribution is 0.721. The van der Waals surface area contributed by atoms with E-state index in [4.69, 9.17) is 5.26 Å². The fourth-order valence-corrected chi connectivity index (χ4v) is 2.19. The van der Waals surface area contributed by atoms with Gasteiger partial charge in [-0.2, -0.15) is 5.26 Å². The van der Waals surface area contributed by atoms with E-state index in [9.17, 15) is 0 Å². The molecule has 5 heteroatoms. The van der Waals surface area contributed by atoms with E-state index < -0.39 is 0 Å². The number of anilines is 1. The van der Waals surface area contributed by atoms with Gasteiger partial charge in [-0.25, -0.2) is 4.98 Å². The first-order chi connectivity index (χ1) is 8.61. The third-order valence-electron chi connectivity index (χ3n) is 2.72. The molecule has 1 atom stereocenters. The first-order valence-corrected chi connectivity index (χ1v) is 6.34. The zero-order valence-electron chi connectivity index (χ0n) is 10.2. The Bertz CT molecular complexity index is 597. The van der Waals surface area contributed by atoms with E-state index in [0.29, 0.717) is 5.56 Å². The van der Waals surface area contributed by atoms with E-state index in [1.165, 1.54) is 0 Å². The van der Waals surface area contributed by atoms with Crippen molar-refractivity contribution in [2.75, 3.05) is 5.32 Å². The normalized spacial score (nSPS) is 11.9. The maximum atomic E-state index is 9.11. The lowest BCUT2D eigenvalue weighted by atomic mass is 10.1. The highest BCUT2D eigenvalue weighted by Gasteiger charge is 2.12. The zero-order valence-corrected chi connectivity index (χ0v) is 11.8. The van der Waals surface area contributed by atoms with Gasteiger partial charge in [0.1, 0.15) is 11.9 Å². The van der Waals surface area contributed by atoms with E-state index in [0.717, 1.165) is 16.0 Å². The van der Waals surface area contributed by atoms with E-state index in [-0.39, 0.29) is 6.04 Å². The summed E-state index contributed by atoms with van der Waals surface area (Å²) in [4.78, 5) is 4.29. The number of nitriles is 1. The predicted octanol–water partition coefficient (Wildman–Crippen LogP) is 3.23. The molecule has 0 spiro atoms. The molecular formula is C13H13BrN4. The van der Waals surface area contributed by atoms with Crippen LogP contribution in [0.2, 0.25) is 0 Å². The second kappa shape index (κ2) is 5.23. The number of benzene rings is 1. The van der Waals surface area contributed by atoms with Crippen molar-refractivity contribution >= 4 is 21.6 Å². The first kappa shape index (κ1) is 12.7. The third-order valence-corrected chi connectivity index (χ3v) is 3.21. The largest absolute Gasteiger partial charge is 0.374 e. The van der Waals surface area contributed by atoms with E-state index in [1.807, 2.05) is 36.9 Å². The Hall–Kier alpha value is -1.80. The number of nitrogens with zero attached hydrogens (tertiary/aromatic N) is 3. The second-order valence-corrected chi connectivity index (χ2v) is 4.98. The SMILES string of the molecule is CC(Nc1ccc(Br)cc1C#N)c1nccn1C. The van der Waals surface area contributed by atoms with Crippen LogP contribution in [0.5, 0.6) is 0 Å². The van der Waals surface area contributed by atoms with Gasteiger partial charge in [0.05, 0.1) is 17.3 Å². The number of aryl methyl sites for hydroxylation is 1. The van der Waals surface area contributed by atoms with Crippen LogP contribution in [0.1, 0.15) is 24.4 Å². The van der Waals surface area contributed by atoms with Crippen LogP contribution in [0.3, 0.4) is 0 Å². The van der Waals surface area contributed by atoms with Crippen molar-refractivity contribution in [3.63, 3.8) is 0 Å². The number of rotatable bonds is 3. The molecular weight excluding hydrogens is 292 g/mol. The van der Waals surface area contributed by atoms with E-state index in [2.05, 4.69) is 32.3 Å². The minimum absolute atomic E-state index is 0.0401. The van der Waals surface area contributed by atoms with Crippen LogP contribution in [-0.4, -0.2) is 9.55 Å². The van der Waals surface area contributed by atoms with Crippen molar-refractivity contribution in [2.45, 2.75) is 13.0 Å². The summed E-state index contributed by atoms with van der Waals surface area (Å²) >= 11 is 3.36. The molecule has 0 saturated carbocycles. The Balaban J connectivity index is 2.25. The van der Waals surface area contributed by atoms with Gasteiger partial charge in [0.25, 0.3) is 0 Å². The monoisotopic (exact) mass is 304 g/mol. The van der Waals surface area contributed by atoms with Crippen LogP contribution in [-0.2, 0) is 7.05 Å². The standard InChI is InChI=1S/C13H13BrN4/c1-9(13-16-5-6-18(13)2)17-12-4-3-11(14)7-10(12)8-15/h3-7,9,17H,1-2H3. The van der Waals surface area contributed by atoms with Gasteiger partial charge in [0.15, 0.2) is 0 Å².